The van der Waals surface area contributed by atoms with E-state index < -0.39 is 0 Å². The van der Waals surface area contributed by atoms with Gasteiger partial charge < -0.3 is 5.32 Å². The summed E-state index contributed by atoms with van der Waals surface area (Å²) in [5, 5.41) is 20.5. The number of aromatic amines is 1. The molecule has 4 rings (SSSR count). The number of nitrogens with zero attached hydrogens (tertiary/aromatic N) is 4. The van der Waals surface area contributed by atoms with Crippen LogP contribution in [0.3, 0.4) is 0 Å². The molecule has 2 aromatic rings. The Bertz CT molecular complexity index is 797. The van der Waals surface area contributed by atoms with E-state index >= 15 is 0 Å². The zero-order chi connectivity index (χ0) is 15.3. The first-order chi connectivity index (χ1) is 10.6. The standard InChI is InChI=1S/C15H17ClN6/c1-8-7-17-11-6-10(16)3-4-13(11)22-14(8)20-21-15(22)12-5-9(2)18-19-12/h5-6,8,17H,3-4,7H2,1-2H3,(H,18,19). The van der Waals surface area contributed by atoms with Crippen LogP contribution in [-0.4, -0.2) is 31.5 Å². The van der Waals surface area contributed by atoms with Crippen LogP contribution in [0.4, 0.5) is 0 Å². The molecule has 7 heteroatoms. The second-order valence-electron chi connectivity index (χ2n) is 5.87. The van der Waals surface area contributed by atoms with Crippen LogP contribution < -0.4 is 5.32 Å². The number of rotatable bonds is 1. The Kier molecular flexibility index (Phi) is 3.07. The molecular formula is C15H17ClN6. The molecule has 0 spiro atoms. The number of halogens is 1. The summed E-state index contributed by atoms with van der Waals surface area (Å²) in [6.45, 7) is 4.93. The third-order valence-electron chi connectivity index (χ3n) is 4.16. The van der Waals surface area contributed by atoms with Crippen LogP contribution in [-0.2, 0) is 0 Å². The highest BCUT2D eigenvalue weighted by Gasteiger charge is 2.28. The van der Waals surface area contributed by atoms with Gasteiger partial charge in [0.1, 0.15) is 11.5 Å². The minimum atomic E-state index is 0.267. The van der Waals surface area contributed by atoms with Crippen LogP contribution >= 0.6 is 11.6 Å². The number of hydrogen-bond acceptors (Lipinski definition) is 4. The molecule has 3 heterocycles. The smallest absolute Gasteiger partial charge is 0.186 e. The van der Waals surface area contributed by atoms with Crippen molar-refractivity contribution >= 4 is 17.3 Å². The summed E-state index contributed by atoms with van der Waals surface area (Å²) in [6.07, 6.45) is 3.73. The number of aryl methyl sites for hydroxylation is 1. The number of nitrogens with one attached hydrogen (secondary N) is 2. The molecule has 0 saturated carbocycles. The quantitative estimate of drug-likeness (QED) is 0.848. The first-order valence-corrected chi connectivity index (χ1v) is 7.82. The van der Waals surface area contributed by atoms with Gasteiger partial charge >= 0.3 is 0 Å². The van der Waals surface area contributed by atoms with Crippen molar-refractivity contribution in [2.75, 3.05) is 6.54 Å². The third kappa shape index (κ3) is 2.06. The second kappa shape index (κ2) is 4.98. The molecule has 2 aromatic heterocycles. The fourth-order valence-corrected chi connectivity index (χ4v) is 3.22. The van der Waals surface area contributed by atoms with E-state index in [2.05, 4.69) is 37.2 Å². The molecule has 1 atom stereocenters. The molecule has 0 radical (unpaired) electrons. The van der Waals surface area contributed by atoms with E-state index in [9.17, 15) is 0 Å². The Morgan fingerprint density at radius 2 is 2.18 bits per heavy atom. The molecule has 0 fully saturated rings. The van der Waals surface area contributed by atoms with Crippen LogP contribution in [0, 0.1) is 6.92 Å². The summed E-state index contributed by atoms with van der Waals surface area (Å²) < 4.78 is 2.16. The lowest BCUT2D eigenvalue weighted by Gasteiger charge is -2.19. The van der Waals surface area contributed by atoms with Gasteiger partial charge in [-0.3, -0.25) is 9.67 Å². The first kappa shape index (κ1) is 13.6. The van der Waals surface area contributed by atoms with E-state index in [0.717, 1.165) is 53.2 Å². The molecule has 22 heavy (non-hydrogen) atoms. The summed E-state index contributed by atoms with van der Waals surface area (Å²) in [6, 6.07) is 1.99. The van der Waals surface area contributed by atoms with Crippen molar-refractivity contribution in [2.24, 2.45) is 0 Å². The van der Waals surface area contributed by atoms with E-state index in [-0.39, 0.29) is 5.92 Å². The van der Waals surface area contributed by atoms with Crippen molar-refractivity contribution in [1.29, 1.82) is 0 Å². The van der Waals surface area contributed by atoms with Gasteiger partial charge in [-0.2, -0.15) is 5.10 Å². The van der Waals surface area contributed by atoms with Crippen LogP contribution in [0.15, 0.2) is 22.9 Å². The summed E-state index contributed by atoms with van der Waals surface area (Å²) in [5.41, 5.74) is 4.07. The lowest BCUT2D eigenvalue weighted by atomic mass is 10.1. The Balaban J connectivity index is 1.94. The number of allylic oxidation sites excluding steroid dienone is 3. The molecule has 114 valence electrons. The highest BCUT2D eigenvalue weighted by Crippen LogP contribution is 2.35. The van der Waals surface area contributed by atoms with Crippen LogP contribution in [0.5, 0.6) is 0 Å². The maximum absolute atomic E-state index is 6.22. The van der Waals surface area contributed by atoms with E-state index in [1.54, 1.807) is 0 Å². The predicted octanol–water partition coefficient (Wildman–Crippen LogP) is 2.77. The maximum Gasteiger partial charge on any atom is 0.186 e. The van der Waals surface area contributed by atoms with Crippen molar-refractivity contribution in [1.82, 2.24) is 30.3 Å². The monoisotopic (exact) mass is 316 g/mol. The Labute approximate surface area is 133 Å². The third-order valence-corrected chi connectivity index (χ3v) is 4.45. The zero-order valence-electron chi connectivity index (χ0n) is 12.5. The summed E-state index contributed by atoms with van der Waals surface area (Å²) >= 11 is 6.22. The highest BCUT2D eigenvalue weighted by atomic mass is 35.5. The van der Waals surface area contributed by atoms with E-state index in [1.165, 1.54) is 5.70 Å². The molecule has 0 bridgehead atoms. The Morgan fingerprint density at radius 3 is 2.95 bits per heavy atom. The summed E-state index contributed by atoms with van der Waals surface area (Å²) in [7, 11) is 0. The van der Waals surface area contributed by atoms with Gasteiger partial charge in [0.15, 0.2) is 5.82 Å². The molecule has 2 N–H and O–H groups in total. The Morgan fingerprint density at radius 1 is 1.32 bits per heavy atom. The predicted molar refractivity (Wildman–Crippen MR) is 85.1 cm³/mol. The number of fused-ring (bicyclic) bond motifs is 2. The molecule has 0 amide bonds. The molecule has 2 aliphatic rings. The molecule has 1 aliphatic carbocycles. The summed E-state index contributed by atoms with van der Waals surface area (Å²) in [5.74, 6) is 2.05. The fourth-order valence-electron chi connectivity index (χ4n) is 3.02. The largest absolute Gasteiger partial charge is 0.383 e. The SMILES string of the molecule is Cc1cc(-c2nnc3n2C2=C(C=C(Cl)CC2)NCC3C)[nH]n1. The minimum Gasteiger partial charge on any atom is -0.383 e. The van der Waals surface area contributed by atoms with Crippen molar-refractivity contribution in [3.8, 4) is 11.5 Å². The number of aromatic nitrogens is 5. The average Bonchev–Trinajstić information content (AvgIpc) is 3.08. The molecule has 6 nitrogen and oxygen atoms in total. The highest BCUT2D eigenvalue weighted by molar-refractivity contribution is 6.30. The average molecular weight is 317 g/mol. The lowest BCUT2D eigenvalue weighted by Crippen LogP contribution is -2.18. The van der Waals surface area contributed by atoms with Crippen molar-refractivity contribution in [3.63, 3.8) is 0 Å². The molecule has 1 unspecified atom stereocenters. The normalized spacial score (nSPS) is 20.9. The van der Waals surface area contributed by atoms with E-state index in [0.29, 0.717) is 0 Å². The van der Waals surface area contributed by atoms with Gasteiger partial charge in [0.05, 0.1) is 11.4 Å². The summed E-state index contributed by atoms with van der Waals surface area (Å²) in [4.78, 5) is 0. The topological polar surface area (TPSA) is 71.4 Å². The molecular weight excluding hydrogens is 300 g/mol. The van der Waals surface area contributed by atoms with Crippen LogP contribution in [0.1, 0.15) is 37.2 Å². The molecule has 0 saturated heterocycles. The van der Waals surface area contributed by atoms with Gasteiger partial charge in [0, 0.05) is 23.2 Å². The second-order valence-corrected chi connectivity index (χ2v) is 6.36. The Hall–Kier alpha value is -2.08. The van der Waals surface area contributed by atoms with Gasteiger partial charge in [-0.05, 0) is 31.9 Å². The first-order valence-electron chi connectivity index (χ1n) is 7.44. The lowest BCUT2D eigenvalue weighted by molar-refractivity contribution is 0.656. The zero-order valence-corrected chi connectivity index (χ0v) is 13.3. The van der Waals surface area contributed by atoms with Gasteiger partial charge in [0.2, 0.25) is 0 Å². The van der Waals surface area contributed by atoms with Crippen LogP contribution in [0.2, 0.25) is 0 Å². The van der Waals surface area contributed by atoms with E-state index in [1.807, 2.05) is 19.1 Å². The van der Waals surface area contributed by atoms with Crippen molar-refractivity contribution in [3.05, 3.63) is 34.4 Å². The van der Waals surface area contributed by atoms with Gasteiger partial charge in [-0.15, -0.1) is 10.2 Å². The molecule has 1 aliphatic heterocycles. The number of hydrogen-bond donors (Lipinski definition) is 2. The number of H-pyrrole nitrogens is 1. The van der Waals surface area contributed by atoms with Gasteiger partial charge in [-0.25, -0.2) is 0 Å². The fraction of sp³-hybridized carbons (Fsp3) is 0.400. The van der Waals surface area contributed by atoms with E-state index in [4.69, 9.17) is 11.6 Å². The van der Waals surface area contributed by atoms with Crippen molar-refractivity contribution in [2.45, 2.75) is 32.6 Å². The van der Waals surface area contributed by atoms with Crippen molar-refractivity contribution < 1.29 is 0 Å². The molecule has 0 aromatic carbocycles. The van der Waals surface area contributed by atoms with Gasteiger partial charge in [-0.1, -0.05) is 18.5 Å². The van der Waals surface area contributed by atoms with Crippen LogP contribution in [0.25, 0.3) is 17.2 Å². The minimum absolute atomic E-state index is 0.267. The maximum atomic E-state index is 6.22. The van der Waals surface area contributed by atoms with Gasteiger partial charge in [0.25, 0.3) is 0 Å².